The topological polar surface area (TPSA) is 22.2 Å². The zero-order valence-corrected chi connectivity index (χ0v) is 10.8. The van der Waals surface area contributed by atoms with Gasteiger partial charge in [-0.15, -0.1) is 4.98 Å². The SMILES string of the molecule is [C-]#[N+]c1ccc2c(ccn2Cc2ccc(Cl)cc2)n1. The normalized spacial score (nSPS) is 10.5. The van der Waals surface area contributed by atoms with Gasteiger partial charge < -0.3 is 9.41 Å². The fourth-order valence-corrected chi connectivity index (χ4v) is 2.18. The van der Waals surface area contributed by atoms with Gasteiger partial charge in [-0.3, -0.25) is 0 Å². The molecule has 0 atom stereocenters. The molecular weight excluding hydrogens is 258 g/mol. The van der Waals surface area contributed by atoms with Crippen molar-refractivity contribution in [3.05, 3.63) is 70.7 Å². The summed E-state index contributed by atoms with van der Waals surface area (Å²) in [6, 6.07) is 13.4. The molecule has 0 saturated heterocycles. The Morgan fingerprint density at radius 1 is 1.11 bits per heavy atom. The predicted octanol–water partition coefficient (Wildman–Crippen LogP) is 4.29. The van der Waals surface area contributed by atoms with Gasteiger partial charge in [0.25, 0.3) is 5.82 Å². The van der Waals surface area contributed by atoms with E-state index in [2.05, 4.69) is 14.4 Å². The Morgan fingerprint density at radius 3 is 2.63 bits per heavy atom. The zero-order chi connectivity index (χ0) is 13.2. The van der Waals surface area contributed by atoms with Gasteiger partial charge in [-0.1, -0.05) is 30.3 Å². The summed E-state index contributed by atoms with van der Waals surface area (Å²) in [6.45, 7) is 7.73. The van der Waals surface area contributed by atoms with Gasteiger partial charge in [-0.2, -0.15) is 0 Å². The standard InChI is InChI=1S/C15H10ClN3/c1-17-15-7-6-14-13(18-15)8-9-19(14)10-11-2-4-12(16)5-3-11/h2-9H,10H2. The Balaban J connectivity index is 1.97. The number of halogens is 1. The second kappa shape index (κ2) is 4.75. The van der Waals surface area contributed by atoms with Crippen molar-refractivity contribution < 1.29 is 0 Å². The number of hydrogen-bond acceptors (Lipinski definition) is 1. The third-order valence-corrected chi connectivity index (χ3v) is 3.24. The lowest BCUT2D eigenvalue weighted by Crippen LogP contribution is -1.97. The highest BCUT2D eigenvalue weighted by molar-refractivity contribution is 6.30. The highest BCUT2D eigenvalue weighted by atomic mass is 35.5. The lowest BCUT2D eigenvalue weighted by Gasteiger charge is -2.05. The minimum atomic E-state index is 0.428. The Bertz CT molecular complexity index is 766. The average molecular weight is 268 g/mol. The first-order valence-corrected chi connectivity index (χ1v) is 6.22. The molecule has 0 amide bonds. The summed E-state index contributed by atoms with van der Waals surface area (Å²) < 4.78 is 2.11. The molecule has 0 aliphatic carbocycles. The van der Waals surface area contributed by atoms with Crippen LogP contribution in [0.3, 0.4) is 0 Å². The van der Waals surface area contributed by atoms with E-state index in [4.69, 9.17) is 18.2 Å². The molecule has 1 aromatic carbocycles. The maximum Gasteiger partial charge on any atom is 0.270 e. The van der Waals surface area contributed by atoms with Crippen molar-refractivity contribution >= 4 is 28.5 Å². The monoisotopic (exact) mass is 267 g/mol. The van der Waals surface area contributed by atoms with Crippen LogP contribution in [0.2, 0.25) is 5.02 Å². The van der Waals surface area contributed by atoms with Crippen molar-refractivity contribution in [3.63, 3.8) is 0 Å². The largest absolute Gasteiger partial charge is 0.361 e. The molecule has 0 bridgehead atoms. The maximum atomic E-state index is 6.97. The molecule has 0 unspecified atom stereocenters. The summed E-state index contributed by atoms with van der Waals surface area (Å²) in [5, 5.41) is 0.740. The van der Waals surface area contributed by atoms with Gasteiger partial charge in [0.15, 0.2) is 5.52 Å². The van der Waals surface area contributed by atoms with Crippen LogP contribution in [-0.2, 0) is 6.54 Å². The molecule has 3 nitrogen and oxygen atoms in total. The Morgan fingerprint density at radius 2 is 1.89 bits per heavy atom. The van der Waals surface area contributed by atoms with E-state index in [1.54, 1.807) is 6.07 Å². The van der Waals surface area contributed by atoms with Gasteiger partial charge in [-0.05, 0) is 29.8 Å². The van der Waals surface area contributed by atoms with Crippen molar-refractivity contribution in [1.29, 1.82) is 0 Å². The third-order valence-electron chi connectivity index (χ3n) is 2.99. The minimum Gasteiger partial charge on any atom is -0.361 e. The molecule has 0 saturated carbocycles. The molecule has 19 heavy (non-hydrogen) atoms. The summed E-state index contributed by atoms with van der Waals surface area (Å²) in [6.07, 6.45) is 1.99. The first kappa shape index (κ1) is 11.8. The molecule has 2 aromatic heterocycles. The predicted molar refractivity (Wildman–Crippen MR) is 76.5 cm³/mol. The van der Waals surface area contributed by atoms with Crippen molar-refractivity contribution in [1.82, 2.24) is 9.55 Å². The molecule has 0 N–H and O–H groups in total. The smallest absolute Gasteiger partial charge is 0.270 e. The van der Waals surface area contributed by atoms with E-state index in [9.17, 15) is 0 Å². The second-order valence-corrected chi connectivity index (χ2v) is 4.69. The molecule has 0 aliphatic heterocycles. The van der Waals surface area contributed by atoms with Crippen LogP contribution in [0.4, 0.5) is 5.82 Å². The third kappa shape index (κ3) is 2.31. The molecule has 2 heterocycles. The van der Waals surface area contributed by atoms with Crippen LogP contribution in [-0.4, -0.2) is 9.55 Å². The van der Waals surface area contributed by atoms with Crippen LogP contribution in [0.25, 0.3) is 15.9 Å². The number of benzene rings is 1. The lowest BCUT2D eigenvalue weighted by atomic mass is 10.2. The van der Waals surface area contributed by atoms with E-state index >= 15 is 0 Å². The molecule has 0 fully saturated rings. The summed E-state index contributed by atoms with van der Waals surface area (Å²) >= 11 is 5.88. The van der Waals surface area contributed by atoms with E-state index in [0.717, 1.165) is 22.6 Å². The number of nitrogens with zero attached hydrogens (tertiary/aromatic N) is 3. The van der Waals surface area contributed by atoms with Crippen LogP contribution in [0.5, 0.6) is 0 Å². The van der Waals surface area contributed by atoms with Crippen LogP contribution in [0, 0.1) is 6.57 Å². The molecule has 0 aliphatic rings. The van der Waals surface area contributed by atoms with Crippen LogP contribution < -0.4 is 0 Å². The van der Waals surface area contributed by atoms with E-state index in [0.29, 0.717) is 5.82 Å². The molecular formula is C15H10ClN3. The van der Waals surface area contributed by atoms with Crippen molar-refractivity contribution in [2.45, 2.75) is 6.54 Å². The van der Waals surface area contributed by atoms with E-state index < -0.39 is 0 Å². The molecule has 92 valence electrons. The Kier molecular flexibility index (Phi) is 2.94. The van der Waals surface area contributed by atoms with Gasteiger partial charge in [0.2, 0.25) is 0 Å². The quantitative estimate of drug-likeness (QED) is 0.635. The highest BCUT2D eigenvalue weighted by Crippen LogP contribution is 2.20. The molecule has 3 aromatic rings. The van der Waals surface area contributed by atoms with Gasteiger partial charge in [-0.25, -0.2) is 0 Å². The van der Waals surface area contributed by atoms with Crippen molar-refractivity contribution in [2.75, 3.05) is 0 Å². The molecule has 0 spiro atoms. The number of hydrogen-bond donors (Lipinski definition) is 0. The van der Waals surface area contributed by atoms with Crippen LogP contribution >= 0.6 is 11.6 Å². The number of fused-ring (bicyclic) bond motifs is 1. The second-order valence-electron chi connectivity index (χ2n) is 4.26. The van der Waals surface area contributed by atoms with Crippen molar-refractivity contribution in [3.8, 4) is 0 Å². The first-order valence-electron chi connectivity index (χ1n) is 5.84. The zero-order valence-electron chi connectivity index (χ0n) is 10.0. The first-order chi connectivity index (χ1) is 9.26. The summed E-state index contributed by atoms with van der Waals surface area (Å²) in [5.74, 6) is 0.428. The maximum absolute atomic E-state index is 6.97. The highest BCUT2D eigenvalue weighted by Gasteiger charge is 2.06. The number of pyridine rings is 1. The van der Waals surface area contributed by atoms with Crippen molar-refractivity contribution in [2.24, 2.45) is 0 Å². The molecule has 0 radical (unpaired) electrons. The Hall–Kier alpha value is -2.31. The summed E-state index contributed by atoms with van der Waals surface area (Å²) in [7, 11) is 0. The fourth-order valence-electron chi connectivity index (χ4n) is 2.05. The minimum absolute atomic E-state index is 0.428. The number of rotatable bonds is 2. The van der Waals surface area contributed by atoms with E-state index in [1.165, 1.54) is 5.56 Å². The molecule has 3 rings (SSSR count). The summed E-state index contributed by atoms with van der Waals surface area (Å²) in [5.41, 5.74) is 3.06. The van der Waals surface area contributed by atoms with Gasteiger partial charge in [0.1, 0.15) is 0 Å². The van der Waals surface area contributed by atoms with Gasteiger partial charge in [0.05, 0.1) is 5.52 Å². The Labute approximate surface area is 115 Å². The van der Waals surface area contributed by atoms with E-state index in [1.807, 2.05) is 42.6 Å². The van der Waals surface area contributed by atoms with E-state index in [-0.39, 0.29) is 0 Å². The van der Waals surface area contributed by atoms with Gasteiger partial charge in [0, 0.05) is 23.8 Å². The fraction of sp³-hybridized carbons (Fsp3) is 0.0667. The van der Waals surface area contributed by atoms with Gasteiger partial charge >= 0.3 is 0 Å². The summed E-state index contributed by atoms with van der Waals surface area (Å²) in [4.78, 5) is 7.61. The lowest BCUT2D eigenvalue weighted by molar-refractivity contribution is 0.836. The van der Waals surface area contributed by atoms with Crippen LogP contribution in [0.1, 0.15) is 5.56 Å². The van der Waals surface area contributed by atoms with Crippen LogP contribution in [0.15, 0.2) is 48.7 Å². The average Bonchev–Trinajstić information content (AvgIpc) is 2.83. The number of aromatic nitrogens is 2. The molecule has 4 heteroatoms.